The van der Waals surface area contributed by atoms with Gasteiger partial charge in [-0.05, 0) is 80.1 Å². The molecule has 0 aromatic heterocycles. The Morgan fingerprint density at radius 3 is 1.45 bits per heavy atom. The Hall–Kier alpha value is -0.680. The predicted octanol–water partition coefficient (Wildman–Crippen LogP) is 4.04. The minimum Gasteiger partial charge on any atom is -0.381 e. The molecule has 0 spiro atoms. The Balaban J connectivity index is 2.42. The fourth-order valence-electron chi connectivity index (χ4n) is 2.97. The van der Waals surface area contributed by atoms with Gasteiger partial charge in [0.1, 0.15) is 11.2 Å². The summed E-state index contributed by atoms with van der Waals surface area (Å²) in [4.78, 5) is 0. The summed E-state index contributed by atoms with van der Waals surface area (Å²) in [5.41, 5.74) is 0.667. The molecule has 4 heteroatoms. The monoisotopic (exact) mass is 396 g/mol. The Kier molecular flexibility index (Phi) is 3.14. The highest BCUT2D eigenvalue weighted by Gasteiger charge is 2.44. The molecule has 2 aromatic carbocycles. The molecule has 1 aliphatic carbocycles. The van der Waals surface area contributed by atoms with Crippen molar-refractivity contribution in [2.45, 2.75) is 25.0 Å². The van der Waals surface area contributed by atoms with Crippen molar-refractivity contribution in [2.24, 2.45) is 0 Å². The van der Waals surface area contributed by atoms with Gasteiger partial charge in [0.2, 0.25) is 0 Å². The fourth-order valence-corrected chi connectivity index (χ4v) is 3.66. The summed E-state index contributed by atoms with van der Waals surface area (Å²) in [5.74, 6) is 0. The Morgan fingerprint density at radius 2 is 1.10 bits per heavy atom. The Labute approximate surface area is 134 Å². The highest BCUT2D eigenvalue weighted by atomic mass is 79.9. The highest BCUT2D eigenvalue weighted by Crippen LogP contribution is 2.49. The maximum absolute atomic E-state index is 11.0. The van der Waals surface area contributed by atoms with Gasteiger partial charge in [-0.1, -0.05) is 24.3 Å². The van der Waals surface area contributed by atoms with Crippen LogP contribution in [-0.4, -0.2) is 10.2 Å². The molecular formula is C16H14Br2O2. The zero-order chi connectivity index (χ0) is 14.7. The molecule has 0 saturated carbocycles. The first-order chi connectivity index (χ1) is 9.26. The maximum Gasteiger partial charge on any atom is 0.113 e. The van der Waals surface area contributed by atoms with Crippen LogP contribution in [0.25, 0.3) is 0 Å². The lowest BCUT2D eigenvalue weighted by molar-refractivity contribution is 0.0508. The molecule has 1 aliphatic rings. The van der Waals surface area contributed by atoms with Crippen molar-refractivity contribution >= 4 is 31.9 Å². The van der Waals surface area contributed by atoms with Crippen molar-refractivity contribution in [3.8, 4) is 0 Å². The van der Waals surface area contributed by atoms with Crippen molar-refractivity contribution < 1.29 is 10.2 Å². The molecule has 20 heavy (non-hydrogen) atoms. The Morgan fingerprint density at radius 1 is 0.750 bits per heavy atom. The van der Waals surface area contributed by atoms with E-state index >= 15 is 0 Å². The summed E-state index contributed by atoms with van der Waals surface area (Å²) in [7, 11) is 0. The number of benzene rings is 2. The van der Waals surface area contributed by atoms with Crippen LogP contribution in [0.4, 0.5) is 0 Å². The van der Waals surface area contributed by atoms with Crippen molar-refractivity contribution in [1.29, 1.82) is 0 Å². The minimum atomic E-state index is -1.13. The molecule has 0 heterocycles. The number of rotatable bonds is 0. The maximum atomic E-state index is 11.0. The van der Waals surface area contributed by atoms with E-state index < -0.39 is 11.2 Å². The normalized spacial score (nSPS) is 27.9. The summed E-state index contributed by atoms with van der Waals surface area (Å²) in [6.45, 7) is 3.53. The molecule has 0 aliphatic heterocycles. The highest BCUT2D eigenvalue weighted by molar-refractivity contribution is 9.13. The zero-order valence-corrected chi connectivity index (χ0v) is 14.3. The molecule has 2 nitrogen and oxygen atoms in total. The number of hydrogen-bond donors (Lipinski definition) is 2. The summed E-state index contributed by atoms with van der Waals surface area (Å²) in [6, 6.07) is 11.2. The first-order valence-electron chi connectivity index (χ1n) is 6.31. The van der Waals surface area contributed by atoms with Crippen LogP contribution in [0, 0.1) is 0 Å². The smallest absolute Gasteiger partial charge is 0.113 e. The van der Waals surface area contributed by atoms with Crippen LogP contribution < -0.4 is 0 Å². The first kappa shape index (κ1) is 14.3. The average molecular weight is 398 g/mol. The van der Waals surface area contributed by atoms with Crippen LogP contribution in [0.2, 0.25) is 0 Å². The van der Waals surface area contributed by atoms with E-state index in [0.29, 0.717) is 0 Å². The molecular weight excluding hydrogens is 384 g/mol. The molecule has 2 unspecified atom stereocenters. The quantitative estimate of drug-likeness (QED) is 0.704. The topological polar surface area (TPSA) is 40.5 Å². The largest absolute Gasteiger partial charge is 0.381 e. The number of hydrogen-bond acceptors (Lipinski definition) is 2. The lowest BCUT2D eigenvalue weighted by Crippen LogP contribution is -2.39. The number of halogens is 2. The van der Waals surface area contributed by atoms with Crippen LogP contribution in [0.3, 0.4) is 0 Å². The lowest BCUT2D eigenvalue weighted by Gasteiger charge is -2.41. The van der Waals surface area contributed by atoms with Crippen molar-refractivity contribution in [1.82, 2.24) is 0 Å². The van der Waals surface area contributed by atoms with E-state index in [1.165, 1.54) is 0 Å². The molecule has 2 aromatic rings. The van der Waals surface area contributed by atoms with Gasteiger partial charge in [0.15, 0.2) is 0 Å². The lowest BCUT2D eigenvalue weighted by atomic mass is 9.69. The summed E-state index contributed by atoms with van der Waals surface area (Å²) in [6.07, 6.45) is 0. The second-order valence-electron chi connectivity index (χ2n) is 5.50. The predicted molar refractivity (Wildman–Crippen MR) is 85.6 cm³/mol. The van der Waals surface area contributed by atoms with Crippen molar-refractivity contribution in [2.75, 3.05) is 0 Å². The van der Waals surface area contributed by atoms with E-state index in [1.54, 1.807) is 13.8 Å². The van der Waals surface area contributed by atoms with Gasteiger partial charge < -0.3 is 10.2 Å². The third-order valence-corrected chi connectivity index (χ3v) is 5.93. The van der Waals surface area contributed by atoms with Crippen molar-refractivity contribution in [3.63, 3.8) is 0 Å². The van der Waals surface area contributed by atoms with Crippen LogP contribution >= 0.6 is 31.9 Å². The first-order valence-corrected chi connectivity index (χ1v) is 7.89. The second-order valence-corrected chi connectivity index (χ2v) is 7.21. The molecule has 0 saturated heterocycles. The summed E-state index contributed by atoms with van der Waals surface area (Å²) < 4.78 is 1.71. The fraction of sp³-hybridized carbons (Fsp3) is 0.250. The summed E-state index contributed by atoms with van der Waals surface area (Å²) >= 11 is 6.93. The average Bonchev–Trinajstić information content (AvgIpc) is 2.40. The van der Waals surface area contributed by atoms with E-state index in [-0.39, 0.29) is 0 Å². The molecule has 2 N–H and O–H groups in total. The van der Waals surface area contributed by atoms with Gasteiger partial charge in [-0.15, -0.1) is 0 Å². The molecule has 0 bridgehead atoms. The molecule has 0 fully saturated rings. The molecule has 104 valence electrons. The number of aliphatic hydroxyl groups is 2. The number of fused-ring (bicyclic) bond motifs is 2. The third kappa shape index (κ3) is 1.82. The van der Waals surface area contributed by atoms with E-state index in [0.717, 1.165) is 31.2 Å². The second kappa shape index (κ2) is 4.41. The van der Waals surface area contributed by atoms with Gasteiger partial charge in [-0.3, -0.25) is 0 Å². The van der Waals surface area contributed by atoms with Gasteiger partial charge in [0.05, 0.1) is 0 Å². The third-order valence-electron chi connectivity index (χ3n) is 4.09. The Bertz CT molecular complexity index is 646. The van der Waals surface area contributed by atoms with Gasteiger partial charge >= 0.3 is 0 Å². The molecule has 3 rings (SSSR count). The van der Waals surface area contributed by atoms with E-state index in [4.69, 9.17) is 0 Å². The molecule has 2 atom stereocenters. The molecule has 0 radical (unpaired) electrons. The SMILES string of the molecule is CC1(O)c2ccccc2C(C)(O)c2cc(Br)c(Br)cc21. The summed E-state index contributed by atoms with van der Waals surface area (Å²) in [5, 5.41) is 22.0. The minimum absolute atomic E-state index is 0.719. The van der Waals surface area contributed by atoms with Crippen LogP contribution in [-0.2, 0) is 11.2 Å². The van der Waals surface area contributed by atoms with Crippen LogP contribution in [0.1, 0.15) is 36.1 Å². The van der Waals surface area contributed by atoms with E-state index in [1.807, 2.05) is 36.4 Å². The standard InChI is InChI=1S/C16H14Br2O2/c1-15(19)9-5-3-4-6-10(9)16(2,20)12-8-14(18)13(17)7-11(12)15/h3-8,19-20H,1-2H3. The zero-order valence-electron chi connectivity index (χ0n) is 11.1. The van der Waals surface area contributed by atoms with E-state index in [9.17, 15) is 10.2 Å². The van der Waals surface area contributed by atoms with Crippen LogP contribution in [0.5, 0.6) is 0 Å². The van der Waals surface area contributed by atoms with Gasteiger partial charge in [0, 0.05) is 8.95 Å². The van der Waals surface area contributed by atoms with Gasteiger partial charge in [-0.2, -0.15) is 0 Å². The van der Waals surface area contributed by atoms with E-state index in [2.05, 4.69) is 31.9 Å². The van der Waals surface area contributed by atoms with Crippen molar-refractivity contribution in [3.05, 3.63) is 67.6 Å². The van der Waals surface area contributed by atoms with Gasteiger partial charge in [0.25, 0.3) is 0 Å². The van der Waals surface area contributed by atoms with Crippen LogP contribution in [0.15, 0.2) is 45.3 Å². The van der Waals surface area contributed by atoms with Gasteiger partial charge in [-0.25, -0.2) is 0 Å². The molecule has 0 amide bonds.